The van der Waals surface area contributed by atoms with Crippen LogP contribution in [0.1, 0.15) is 33.8 Å². The molecule has 2 N–H and O–H groups in total. The molecule has 0 saturated heterocycles. The van der Waals surface area contributed by atoms with Crippen LogP contribution in [-0.2, 0) is 17.8 Å². The predicted molar refractivity (Wildman–Crippen MR) is 93.3 cm³/mol. The van der Waals surface area contributed by atoms with Crippen molar-refractivity contribution in [3.63, 3.8) is 0 Å². The van der Waals surface area contributed by atoms with E-state index in [0.29, 0.717) is 6.54 Å². The minimum absolute atomic E-state index is 0.00964. The average molecular weight is 333 g/mol. The number of aliphatic hydroxyl groups is 1. The highest BCUT2D eigenvalue weighted by Gasteiger charge is 2.08. The highest BCUT2D eigenvalue weighted by atomic mass is 32.1. The summed E-state index contributed by atoms with van der Waals surface area (Å²) < 4.78 is 0. The van der Waals surface area contributed by atoms with Crippen LogP contribution in [0.25, 0.3) is 6.08 Å². The van der Waals surface area contributed by atoms with Crippen molar-refractivity contribution in [2.45, 2.75) is 33.3 Å². The maximum atomic E-state index is 12.1. The second-order valence-corrected chi connectivity index (χ2v) is 6.57. The van der Waals surface area contributed by atoms with Gasteiger partial charge in [-0.3, -0.25) is 9.89 Å². The zero-order valence-corrected chi connectivity index (χ0v) is 14.6. The van der Waals surface area contributed by atoms with Gasteiger partial charge < -0.3 is 10.0 Å². The van der Waals surface area contributed by atoms with Gasteiger partial charge in [0.05, 0.1) is 12.3 Å². The molecule has 2 aromatic rings. The normalized spacial score (nSPS) is 11.3. The molecular formula is C17H23N3O2S. The van der Waals surface area contributed by atoms with Gasteiger partial charge in [0.25, 0.3) is 0 Å². The minimum Gasteiger partial charge on any atom is -0.392 e. The molecule has 5 nitrogen and oxygen atoms in total. The molecule has 0 aliphatic carbocycles. The summed E-state index contributed by atoms with van der Waals surface area (Å²) in [7, 11) is 1.81. The van der Waals surface area contributed by atoms with Crippen LogP contribution >= 0.6 is 11.3 Å². The zero-order valence-electron chi connectivity index (χ0n) is 13.8. The van der Waals surface area contributed by atoms with Gasteiger partial charge >= 0.3 is 0 Å². The Morgan fingerprint density at radius 2 is 2.26 bits per heavy atom. The predicted octanol–water partition coefficient (Wildman–Crippen LogP) is 2.68. The maximum absolute atomic E-state index is 12.1. The topological polar surface area (TPSA) is 69.2 Å². The standard InChI is InChI=1S/C17H23N3O2S/c1-12-16(13(2)19-18-12)5-4-8-20(3)17(22)7-6-15-9-14(10-21)11-23-15/h6-7,9,11,21H,4-5,8,10H2,1-3H3,(H,18,19). The minimum atomic E-state index is -0.00964. The van der Waals surface area contributed by atoms with Crippen LogP contribution in [0.15, 0.2) is 17.5 Å². The first-order chi connectivity index (χ1) is 11.0. The number of carbonyl (C=O) groups is 1. The van der Waals surface area contributed by atoms with Gasteiger partial charge in [0, 0.05) is 30.2 Å². The van der Waals surface area contributed by atoms with Crippen molar-refractivity contribution in [3.8, 4) is 0 Å². The number of carbonyl (C=O) groups excluding carboxylic acids is 1. The monoisotopic (exact) mass is 333 g/mol. The molecule has 2 rings (SSSR count). The first-order valence-corrected chi connectivity index (χ1v) is 8.51. The van der Waals surface area contributed by atoms with Crippen LogP contribution in [0.5, 0.6) is 0 Å². The Hall–Kier alpha value is -1.92. The van der Waals surface area contributed by atoms with Crippen LogP contribution in [0.3, 0.4) is 0 Å². The fraction of sp³-hybridized carbons (Fsp3) is 0.412. The first kappa shape index (κ1) is 17.4. The third-order valence-electron chi connectivity index (χ3n) is 3.82. The van der Waals surface area contributed by atoms with Crippen molar-refractivity contribution >= 4 is 23.3 Å². The third kappa shape index (κ3) is 4.77. The van der Waals surface area contributed by atoms with E-state index in [0.717, 1.165) is 34.7 Å². The summed E-state index contributed by atoms with van der Waals surface area (Å²) in [5, 5.41) is 18.1. The molecule has 6 heteroatoms. The molecule has 0 aliphatic rings. The Morgan fingerprint density at radius 1 is 1.48 bits per heavy atom. The maximum Gasteiger partial charge on any atom is 0.246 e. The number of aromatic nitrogens is 2. The van der Waals surface area contributed by atoms with Crippen molar-refractivity contribution in [2.24, 2.45) is 0 Å². The summed E-state index contributed by atoms with van der Waals surface area (Å²) in [4.78, 5) is 14.8. The van der Waals surface area contributed by atoms with Gasteiger partial charge in [0.1, 0.15) is 0 Å². The largest absolute Gasteiger partial charge is 0.392 e. The van der Waals surface area contributed by atoms with Gasteiger partial charge in [-0.1, -0.05) is 0 Å². The molecule has 0 aliphatic heterocycles. The smallest absolute Gasteiger partial charge is 0.246 e. The van der Waals surface area contributed by atoms with Crippen LogP contribution < -0.4 is 0 Å². The van der Waals surface area contributed by atoms with Crippen LogP contribution in [0, 0.1) is 13.8 Å². The lowest BCUT2D eigenvalue weighted by molar-refractivity contribution is -0.124. The zero-order chi connectivity index (χ0) is 16.8. The van der Waals surface area contributed by atoms with Crippen LogP contribution in [0.2, 0.25) is 0 Å². The Labute approximate surface area is 140 Å². The van der Waals surface area contributed by atoms with Gasteiger partial charge in [-0.2, -0.15) is 5.10 Å². The van der Waals surface area contributed by atoms with Crippen molar-refractivity contribution in [1.82, 2.24) is 15.1 Å². The van der Waals surface area contributed by atoms with E-state index in [1.807, 2.05) is 32.3 Å². The van der Waals surface area contributed by atoms with E-state index in [9.17, 15) is 4.79 Å². The summed E-state index contributed by atoms with van der Waals surface area (Å²) >= 11 is 1.52. The number of nitrogens with one attached hydrogen (secondary N) is 1. The number of aryl methyl sites for hydroxylation is 2. The number of nitrogens with zero attached hydrogens (tertiary/aromatic N) is 2. The van der Waals surface area contributed by atoms with E-state index in [4.69, 9.17) is 5.11 Å². The molecular weight excluding hydrogens is 310 g/mol. The number of hydrogen-bond acceptors (Lipinski definition) is 4. The summed E-state index contributed by atoms with van der Waals surface area (Å²) in [6.07, 6.45) is 5.21. The van der Waals surface area contributed by atoms with Crippen molar-refractivity contribution in [1.29, 1.82) is 0 Å². The number of rotatable bonds is 7. The van der Waals surface area contributed by atoms with Crippen molar-refractivity contribution in [2.75, 3.05) is 13.6 Å². The molecule has 124 valence electrons. The number of aliphatic hydroxyl groups excluding tert-OH is 1. The Morgan fingerprint density at radius 3 is 2.87 bits per heavy atom. The summed E-state index contributed by atoms with van der Waals surface area (Å²) in [6.45, 7) is 4.76. The fourth-order valence-corrected chi connectivity index (χ4v) is 3.19. The lowest BCUT2D eigenvalue weighted by Gasteiger charge is -2.14. The molecule has 1 amide bonds. The van der Waals surface area contributed by atoms with Gasteiger partial charge in [-0.05, 0) is 55.3 Å². The first-order valence-electron chi connectivity index (χ1n) is 7.63. The molecule has 0 saturated carbocycles. The number of amides is 1. The molecule has 0 atom stereocenters. The highest BCUT2D eigenvalue weighted by Crippen LogP contribution is 2.16. The van der Waals surface area contributed by atoms with Gasteiger partial charge in [-0.25, -0.2) is 0 Å². The second-order valence-electron chi connectivity index (χ2n) is 5.62. The summed E-state index contributed by atoms with van der Waals surface area (Å²) in [5.74, 6) is -0.00964. The van der Waals surface area contributed by atoms with Crippen molar-refractivity contribution in [3.05, 3.63) is 44.9 Å². The molecule has 0 aromatic carbocycles. The lowest BCUT2D eigenvalue weighted by Crippen LogP contribution is -2.26. The number of thiophene rings is 1. The fourth-order valence-electron chi connectivity index (χ4n) is 2.39. The third-order valence-corrected chi connectivity index (χ3v) is 4.77. The molecule has 2 heterocycles. The van der Waals surface area contributed by atoms with E-state index in [2.05, 4.69) is 10.2 Å². The van der Waals surface area contributed by atoms with Gasteiger partial charge in [0.2, 0.25) is 5.91 Å². The molecule has 2 aromatic heterocycles. The number of hydrogen-bond donors (Lipinski definition) is 2. The number of aromatic amines is 1. The molecule has 0 bridgehead atoms. The highest BCUT2D eigenvalue weighted by molar-refractivity contribution is 7.11. The summed E-state index contributed by atoms with van der Waals surface area (Å²) in [5.41, 5.74) is 4.26. The van der Waals surface area contributed by atoms with Gasteiger partial charge in [-0.15, -0.1) is 11.3 Å². The molecule has 0 fully saturated rings. The van der Waals surface area contributed by atoms with E-state index >= 15 is 0 Å². The molecule has 0 spiro atoms. The van der Waals surface area contributed by atoms with E-state index in [-0.39, 0.29) is 12.5 Å². The Kier molecular flexibility index (Phi) is 6.12. The molecule has 0 unspecified atom stereocenters. The van der Waals surface area contributed by atoms with Crippen molar-refractivity contribution < 1.29 is 9.90 Å². The Balaban J connectivity index is 1.80. The Bertz CT molecular complexity index is 668. The quantitative estimate of drug-likeness (QED) is 0.766. The molecule has 0 radical (unpaired) electrons. The van der Waals surface area contributed by atoms with E-state index in [1.54, 1.807) is 17.1 Å². The van der Waals surface area contributed by atoms with Gasteiger partial charge in [0.15, 0.2) is 0 Å². The van der Waals surface area contributed by atoms with Crippen LogP contribution in [-0.4, -0.2) is 39.7 Å². The number of H-pyrrole nitrogens is 1. The second kappa shape index (κ2) is 8.08. The number of likely N-dealkylation sites (N-methyl/N-ethyl adjacent to an activating group) is 1. The SMILES string of the molecule is Cc1n[nH]c(C)c1CCCN(C)C(=O)C=Cc1cc(CO)cs1. The lowest BCUT2D eigenvalue weighted by atomic mass is 10.1. The summed E-state index contributed by atoms with van der Waals surface area (Å²) in [6, 6.07) is 1.89. The van der Waals surface area contributed by atoms with Crippen LogP contribution in [0.4, 0.5) is 0 Å². The average Bonchev–Trinajstić information content (AvgIpc) is 3.13. The molecule has 23 heavy (non-hydrogen) atoms. The van der Waals surface area contributed by atoms with E-state index in [1.165, 1.54) is 16.9 Å². The van der Waals surface area contributed by atoms with E-state index < -0.39 is 0 Å².